The maximum Gasteiger partial charge on any atom is 0.340 e. The van der Waals surface area contributed by atoms with Gasteiger partial charge < -0.3 is 8.60 Å². The van der Waals surface area contributed by atoms with E-state index in [2.05, 4.69) is 4.98 Å². The van der Waals surface area contributed by atoms with E-state index < -0.39 is 10.1 Å². The molecule has 0 aliphatic rings. The number of rotatable bonds is 4. The Morgan fingerprint density at radius 2 is 1.76 bits per heavy atom. The first-order valence-corrected chi connectivity index (χ1v) is 10.8. The molecule has 0 spiro atoms. The lowest BCUT2D eigenvalue weighted by molar-refractivity contribution is 0.485. The topological polar surface area (TPSA) is 69.4 Å². The fourth-order valence-corrected chi connectivity index (χ4v) is 4.61. The molecule has 148 valence electrons. The SMILES string of the molecule is Cc1ccc(OS(=O)(=O)c2cccc(Cl)c2Cl)c(-c2nc3c(C)cccc3o2)c1. The van der Waals surface area contributed by atoms with Crippen molar-refractivity contribution in [1.29, 1.82) is 0 Å². The highest BCUT2D eigenvalue weighted by atomic mass is 35.5. The van der Waals surface area contributed by atoms with Crippen LogP contribution in [0.1, 0.15) is 11.1 Å². The van der Waals surface area contributed by atoms with E-state index in [4.69, 9.17) is 31.8 Å². The molecule has 0 aliphatic heterocycles. The van der Waals surface area contributed by atoms with Crippen molar-refractivity contribution in [1.82, 2.24) is 4.98 Å². The summed E-state index contributed by atoms with van der Waals surface area (Å²) < 4.78 is 37.0. The van der Waals surface area contributed by atoms with Gasteiger partial charge in [0.2, 0.25) is 5.89 Å². The Morgan fingerprint density at radius 1 is 1.00 bits per heavy atom. The second-order valence-electron chi connectivity index (χ2n) is 6.53. The molecule has 0 radical (unpaired) electrons. The average molecular weight is 448 g/mol. The summed E-state index contributed by atoms with van der Waals surface area (Å²) in [7, 11) is -4.23. The van der Waals surface area contributed by atoms with E-state index in [1.165, 1.54) is 18.2 Å². The first kappa shape index (κ1) is 19.8. The lowest BCUT2D eigenvalue weighted by atomic mass is 10.1. The number of hydrogen-bond donors (Lipinski definition) is 0. The highest BCUT2D eigenvalue weighted by molar-refractivity contribution is 7.87. The smallest absolute Gasteiger partial charge is 0.340 e. The number of halogens is 2. The van der Waals surface area contributed by atoms with Crippen molar-refractivity contribution in [2.45, 2.75) is 18.7 Å². The van der Waals surface area contributed by atoms with Crippen molar-refractivity contribution in [2.75, 3.05) is 0 Å². The molecule has 8 heteroatoms. The third-order valence-electron chi connectivity index (χ3n) is 4.37. The van der Waals surface area contributed by atoms with E-state index in [9.17, 15) is 8.42 Å². The van der Waals surface area contributed by atoms with Gasteiger partial charge in [-0.3, -0.25) is 0 Å². The maximum absolute atomic E-state index is 12.9. The van der Waals surface area contributed by atoms with Crippen LogP contribution in [0.5, 0.6) is 5.75 Å². The molecule has 0 aliphatic carbocycles. The number of fused-ring (bicyclic) bond motifs is 1. The zero-order chi connectivity index (χ0) is 20.8. The maximum atomic E-state index is 12.9. The minimum Gasteiger partial charge on any atom is -0.436 e. The molecule has 3 aromatic carbocycles. The molecule has 0 saturated heterocycles. The van der Waals surface area contributed by atoms with Crippen molar-refractivity contribution < 1.29 is 17.0 Å². The predicted molar refractivity (Wildman–Crippen MR) is 113 cm³/mol. The van der Waals surface area contributed by atoms with Gasteiger partial charge in [0.15, 0.2) is 11.3 Å². The third-order valence-corrected chi connectivity index (χ3v) is 6.58. The number of aryl methyl sites for hydroxylation is 2. The Balaban J connectivity index is 1.83. The van der Waals surface area contributed by atoms with Gasteiger partial charge in [-0.1, -0.05) is 53.0 Å². The fraction of sp³-hybridized carbons (Fsp3) is 0.0952. The molecule has 4 rings (SSSR count). The third kappa shape index (κ3) is 3.71. The van der Waals surface area contributed by atoms with Gasteiger partial charge in [0, 0.05) is 0 Å². The minimum atomic E-state index is -4.23. The monoisotopic (exact) mass is 447 g/mol. The van der Waals surface area contributed by atoms with Crippen molar-refractivity contribution in [3.8, 4) is 17.2 Å². The van der Waals surface area contributed by atoms with E-state index in [1.54, 1.807) is 24.3 Å². The Morgan fingerprint density at radius 3 is 2.52 bits per heavy atom. The Bertz CT molecular complexity index is 1350. The van der Waals surface area contributed by atoms with Crippen LogP contribution in [0.15, 0.2) is 63.9 Å². The van der Waals surface area contributed by atoms with Crippen LogP contribution in [0, 0.1) is 13.8 Å². The summed E-state index contributed by atoms with van der Waals surface area (Å²) in [5.74, 6) is 0.344. The van der Waals surface area contributed by atoms with E-state index in [-0.39, 0.29) is 26.6 Å². The quantitative estimate of drug-likeness (QED) is 0.349. The normalized spacial score (nSPS) is 11.7. The van der Waals surface area contributed by atoms with Gasteiger partial charge in [-0.05, 0) is 49.7 Å². The van der Waals surface area contributed by atoms with Gasteiger partial charge in [-0.15, -0.1) is 0 Å². The largest absolute Gasteiger partial charge is 0.436 e. The van der Waals surface area contributed by atoms with E-state index in [0.29, 0.717) is 16.7 Å². The molecule has 0 N–H and O–H groups in total. The van der Waals surface area contributed by atoms with E-state index in [1.807, 2.05) is 26.0 Å². The van der Waals surface area contributed by atoms with Gasteiger partial charge in [0.25, 0.3) is 0 Å². The Hall–Kier alpha value is -2.54. The molecule has 0 atom stereocenters. The molecule has 5 nitrogen and oxygen atoms in total. The fourth-order valence-electron chi connectivity index (χ4n) is 2.93. The molecule has 1 heterocycles. The van der Waals surface area contributed by atoms with Crippen LogP contribution in [-0.2, 0) is 10.1 Å². The molecule has 4 aromatic rings. The number of benzene rings is 3. The van der Waals surface area contributed by atoms with Crippen molar-refractivity contribution in [3.63, 3.8) is 0 Å². The van der Waals surface area contributed by atoms with E-state index in [0.717, 1.165) is 11.1 Å². The lowest BCUT2D eigenvalue weighted by Gasteiger charge is -2.12. The molecule has 0 fully saturated rings. The van der Waals surface area contributed by atoms with Crippen LogP contribution in [0.4, 0.5) is 0 Å². The average Bonchev–Trinajstić information content (AvgIpc) is 3.10. The van der Waals surface area contributed by atoms with Crippen LogP contribution in [0.25, 0.3) is 22.6 Å². The van der Waals surface area contributed by atoms with Crippen molar-refractivity contribution >= 4 is 44.4 Å². The summed E-state index contributed by atoms with van der Waals surface area (Å²) >= 11 is 12.0. The van der Waals surface area contributed by atoms with Crippen molar-refractivity contribution in [2.24, 2.45) is 0 Å². The Labute approximate surface area is 178 Å². The van der Waals surface area contributed by atoms with Crippen LogP contribution >= 0.6 is 23.2 Å². The summed E-state index contributed by atoms with van der Waals surface area (Å²) in [6.45, 7) is 3.80. The summed E-state index contributed by atoms with van der Waals surface area (Å²) in [4.78, 5) is 4.31. The molecule has 1 aromatic heterocycles. The number of para-hydroxylation sites is 1. The molecule has 0 unspecified atom stereocenters. The number of oxazole rings is 1. The van der Waals surface area contributed by atoms with Crippen LogP contribution in [-0.4, -0.2) is 13.4 Å². The van der Waals surface area contributed by atoms with Crippen LogP contribution in [0.3, 0.4) is 0 Å². The number of nitrogens with zero attached hydrogens (tertiary/aromatic N) is 1. The summed E-state index contributed by atoms with van der Waals surface area (Å²) in [6.07, 6.45) is 0. The molecular weight excluding hydrogens is 433 g/mol. The predicted octanol–water partition coefficient (Wildman–Crippen LogP) is 6.19. The summed E-state index contributed by atoms with van der Waals surface area (Å²) in [6, 6.07) is 15.0. The first-order chi connectivity index (χ1) is 13.8. The summed E-state index contributed by atoms with van der Waals surface area (Å²) in [5.41, 5.74) is 3.57. The highest BCUT2D eigenvalue weighted by Gasteiger charge is 2.25. The van der Waals surface area contributed by atoms with E-state index >= 15 is 0 Å². The van der Waals surface area contributed by atoms with Gasteiger partial charge in [-0.2, -0.15) is 8.42 Å². The number of aromatic nitrogens is 1. The van der Waals surface area contributed by atoms with Crippen LogP contribution in [0.2, 0.25) is 10.0 Å². The molecule has 0 bridgehead atoms. The second kappa shape index (κ2) is 7.37. The zero-order valence-corrected chi connectivity index (χ0v) is 17.8. The second-order valence-corrected chi connectivity index (χ2v) is 8.83. The highest BCUT2D eigenvalue weighted by Crippen LogP contribution is 2.36. The first-order valence-electron chi connectivity index (χ1n) is 8.62. The molecule has 0 saturated carbocycles. The lowest BCUT2D eigenvalue weighted by Crippen LogP contribution is -2.11. The minimum absolute atomic E-state index is 0.0795. The standard InChI is InChI=1S/C21H15Cl2NO4S/c1-12-9-10-16(28-29(25,26)18-8-4-6-15(22)19(18)23)14(11-12)21-24-20-13(2)5-3-7-17(20)27-21/h3-11H,1-2H3. The Kier molecular flexibility index (Phi) is 5.02. The number of hydrogen-bond acceptors (Lipinski definition) is 5. The van der Waals surface area contributed by atoms with Crippen molar-refractivity contribution in [3.05, 3.63) is 75.8 Å². The van der Waals surface area contributed by atoms with Gasteiger partial charge >= 0.3 is 10.1 Å². The van der Waals surface area contributed by atoms with Gasteiger partial charge in [-0.25, -0.2) is 4.98 Å². The molecule has 29 heavy (non-hydrogen) atoms. The summed E-state index contributed by atoms with van der Waals surface area (Å²) in [5, 5.41) is 0.0233. The zero-order valence-electron chi connectivity index (χ0n) is 15.4. The van der Waals surface area contributed by atoms with Crippen LogP contribution < -0.4 is 4.18 Å². The molecular formula is C21H15Cl2NO4S. The molecule has 0 amide bonds. The van der Waals surface area contributed by atoms with Gasteiger partial charge in [0.1, 0.15) is 10.4 Å². The van der Waals surface area contributed by atoms with Gasteiger partial charge in [0.05, 0.1) is 15.6 Å².